The maximum atomic E-state index is 5.02. The number of imidazole rings is 1. The summed E-state index contributed by atoms with van der Waals surface area (Å²) in [4.78, 5) is 15.7. The van der Waals surface area contributed by atoms with E-state index in [0.717, 1.165) is 11.1 Å². The van der Waals surface area contributed by atoms with Crippen LogP contribution in [-0.2, 0) is 6.54 Å². The molecule has 0 amide bonds. The van der Waals surface area contributed by atoms with Crippen LogP contribution in [0.25, 0.3) is 11.2 Å². The third-order valence-corrected chi connectivity index (χ3v) is 2.55. The smallest absolute Gasteiger partial charge is 0.226 e. The van der Waals surface area contributed by atoms with E-state index in [-0.39, 0.29) is 0 Å². The fourth-order valence-electron chi connectivity index (χ4n) is 1.65. The molecular formula is C11H12N6O. The monoisotopic (exact) mass is 244 g/mol. The Hall–Kier alpha value is -2.57. The van der Waals surface area contributed by atoms with Gasteiger partial charge in [-0.1, -0.05) is 0 Å². The molecule has 0 saturated carbocycles. The van der Waals surface area contributed by atoms with E-state index >= 15 is 0 Å². The molecule has 0 aliphatic rings. The van der Waals surface area contributed by atoms with E-state index in [2.05, 4.69) is 30.6 Å². The van der Waals surface area contributed by atoms with Crippen LogP contribution in [0.5, 0.6) is 0 Å². The van der Waals surface area contributed by atoms with Gasteiger partial charge in [0, 0.05) is 19.2 Å². The summed E-state index contributed by atoms with van der Waals surface area (Å²) in [6.45, 7) is 0.630. The van der Waals surface area contributed by atoms with Crippen LogP contribution in [0.1, 0.15) is 5.56 Å². The van der Waals surface area contributed by atoms with Crippen LogP contribution in [0.4, 0.5) is 11.8 Å². The highest BCUT2D eigenvalue weighted by Crippen LogP contribution is 2.19. The molecule has 18 heavy (non-hydrogen) atoms. The van der Waals surface area contributed by atoms with Gasteiger partial charge in [0.1, 0.15) is 5.52 Å². The maximum Gasteiger partial charge on any atom is 0.226 e. The van der Waals surface area contributed by atoms with Crippen LogP contribution in [0.3, 0.4) is 0 Å². The number of nitrogens with zero attached hydrogens (tertiary/aromatic N) is 3. The van der Waals surface area contributed by atoms with Gasteiger partial charge in [0.15, 0.2) is 11.5 Å². The molecule has 3 aromatic heterocycles. The number of fused-ring (bicyclic) bond motifs is 1. The van der Waals surface area contributed by atoms with Crippen LogP contribution >= 0.6 is 0 Å². The van der Waals surface area contributed by atoms with Gasteiger partial charge in [-0.25, -0.2) is 4.98 Å². The first kappa shape index (κ1) is 10.6. The van der Waals surface area contributed by atoms with Gasteiger partial charge < -0.3 is 20.0 Å². The second-order valence-corrected chi connectivity index (χ2v) is 3.73. The molecule has 0 aromatic carbocycles. The van der Waals surface area contributed by atoms with Crippen molar-refractivity contribution in [3.8, 4) is 0 Å². The molecule has 0 fully saturated rings. The summed E-state index contributed by atoms with van der Waals surface area (Å²) in [5.41, 5.74) is 2.47. The van der Waals surface area contributed by atoms with E-state index in [4.69, 9.17) is 4.42 Å². The average Bonchev–Trinajstić information content (AvgIpc) is 3.06. The molecule has 0 radical (unpaired) electrons. The molecule has 0 aliphatic heterocycles. The first-order chi connectivity index (χ1) is 8.86. The number of H-pyrrole nitrogens is 1. The lowest BCUT2D eigenvalue weighted by Gasteiger charge is -2.06. The average molecular weight is 244 g/mol. The van der Waals surface area contributed by atoms with Crippen molar-refractivity contribution in [3.63, 3.8) is 0 Å². The first-order valence-corrected chi connectivity index (χ1v) is 5.50. The second-order valence-electron chi connectivity index (χ2n) is 3.73. The Balaban J connectivity index is 1.92. The highest BCUT2D eigenvalue weighted by Gasteiger charge is 2.08. The third kappa shape index (κ3) is 1.86. The van der Waals surface area contributed by atoms with Crippen molar-refractivity contribution in [3.05, 3.63) is 30.5 Å². The number of aromatic amines is 1. The van der Waals surface area contributed by atoms with E-state index in [9.17, 15) is 0 Å². The van der Waals surface area contributed by atoms with Crippen molar-refractivity contribution in [2.75, 3.05) is 17.7 Å². The predicted molar refractivity (Wildman–Crippen MR) is 67.3 cm³/mol. The molecule has 3 rings (SSSR count). The van der Waals surface area contributed by atoms with E-state index in [1.807, 2.05) is 6.07 Å². The van der Waals surface area contributed by atoms with Crippen molar-refractivity contribution in [1.82, 2.24) is 19.9 Å². The summed E-state index contributed by atoms with van der Waals surface area (Å²) in [5, 5.41) is 6.14. The molecule has 3 N–H and O–H groups in total. The Kier molecular flexibility index (Phi) is 2.56. The fourth-order valence-corrected chi connectivity index (χ4v) is 1.65. The molecule has 92 valence electrons. The lowest BCUT2D eigenvalue weighted by molar-refractivity contribution is 0.564. The minimum Gasteiger partial charge on any atom is -0.472 e. The van der Waals surface area contributed by atoms with Gasteiger partial charge in [0.05, 0.1) is 18.9 Å². The fraction of sp³-hybridized carbons (Fsp3) is 0.182. The molecule has 7 heteroatoms. The lowest BCUT2D eigenvalue weighted by atomic mass is 10.3. The van der Waals surface area contributed by atoms with Crippen LogP contribution in [0, 0.1) is 0 Å². The van der Waals surface area contributed by atoms with Crippen LogP contribution < -0.4 is 10.6 Å². The highest BCUT2D eigenvalue weighted by molar-refractivity contribution is 5.83. The van der Waals surface area contributed by atoms with Gasteiger partial charge in [0.25, 0.3) is 0 Å². The lowest BCUT2D eigenvalue weighted by Crippen LogP contribution is -2.05. The van der Waals surface area contributed by atoms with Gasteiger partial charge in [-0.15, -0.1) is 0 Å². The number of furan rings is 1. The number of hydrogen-bond donors (Lipinski definition) is 3. The number of anilines is 2. The standard InChI is InChI=1S/C11H12N6O/c1-12-11-16-9(8-10(17-11)15-6-14-8)13-4-7-2-3-18-5-7/h2-3,5-6H,4H2,1H3,(H3,12,13,14,15,16,17). The first-order valence-electron chi connectivity index (χ1n) is 5.50. The molecule has 0 spiro atoms. The molecule has 0 saturated heterocycles. The van der Waals surface area contributed by atoms with Crippen LogP contribution in [0.15, 0.2) is 29.3 Å². The van der Waals surface area contributed by atoms with Gasteiger partial charge in [-0.2, -0.15) is 9.97 Å². The summed E-state index contributed by atoms with van der Waals surface area (Å²) in [7, 11) is 1.77. The van der Waals surface area contributed by atoms with E-state index < -0.39 is 0 Å². The van der Waals surface area contributed by atoms with E-state index in [1.54, 1.807) is 25.9 Å². The van der Waals surface area contributed by atoms with Gasteiger partial charge in [0.2, 0.25) is 5.95 Å². The van der Waals surface area contributed by atoms with Gasteiger partial charge >= 0.3 is 0 Å². The third-order valence-electron chi connectivity index (χ3n) is 2.55. The zero-order valence-electron chi connectivity index (χ0n) is 9.77. The molecule has 7 nitrogen and oxygen atoms in total. The molecule has 0 aliphatic carbocycles. The quantitative estimate of drug-likeness (QED) is 0.645. The van der Waals surface area contributed by atoms with Crippen molar-refractivity contribution >= 4 is 22.9 Å². The Labute approximate surface area is 103 Å². The Morgan fingerprint density at radius 1 is 1.39 bits per heavy atom. The minimum absolute atomic E-state index is 0.532. The molecule has 0 bridgehead atoms. The van der Waals surface area contributed by atoms with Crippen molar-refractivity contribution < 1.29 is 4.42 Å². The minimum atomic E-state index is 0.532. The highest BCUT2D eigenvalue weighted by atomic mass is 16.3. The largest absolute Gasteiger partial charge is 0.472 e. The van der Waals surface area contributed by atoms with E-state index in [1.165, 1.54) is 0 Å². The summed E-state index contributed by atoms with van der Waals surface area (Å²) < 4.78 is 5.02. The summed E-state index contributed by atoms with van der Waals surface area (Å²) in [5.74, 6) is 1.24. The van der Waals surface area contributed by atoms with Crippen LogP contribution in [-0.4, -0.2) is 27.0 Å². The topological polar surface area (TPSA) is 91.7 Å². The van der Waals surface area contributed by atoms with Gasteiger partial charge in [-0.3, -0.25) is 0 Å². The van der Waals surface area contributed by atoms with Crippen molar-refractivity contribution in [2.45, 2.75) is 6.54 Å². The summed E-state index contributed by atoms with van der Waals surface area (Å²) in [6, 6.07) is 1.90. The maximum absolute atomic E-state index is 5.02. The molecule has 0 atom stereocenters. The number of aromatic nitrogens is 4. The Bertz CT molecular complexity index is 645. The Morgan fingerprint density at radius 3 is 3.11 bits per heavy atom. The van der Waals surface area contributed by atoms with Crippen LogP contribution in [0.2, 0.25) is 0 Å². The normalized spacial score (nSPS) is 10.7. The number of rotatable bonds is 4. The molecule has 3 aromatic rings. The van der Waals surface area contributed by atoms with Crippen molar-refractivity contribution in [2.24, 2.45) is 0 Å². The number of hydrogen-bond acceptors (Lipinski definition) is 6. The zero-order valence-corrected chi connectivity index (χ0v) is 9.77. The second kappa shape index (κ2) is 4.36. The predicted octanol–water partition coefficient (Wildman–Crippen LogP) is 1.60. The van der Waals surface area contributed by atoms with E-state index in [0.29, 0.717) is 24.0 Å². The zero-order chi connectivity index (χ0) is 12.4. The Morgan fingerprint density at radius 2 is 2.33 bits per heavy atom. The summed E-state index contributed by atoms with van der Waals surface area (Å²) in [6.07, 6.45) is 4.93. The molecule has 3 heterocycles. The molecular weight excluding hydrogens is 232 g/mol. The SMILES string of the molecule is CNc1nc(NCc2ccoc2)c2[nH]cnc2n1. The van der Waals surface area contributed by atoms with Gasteiger partial charge in [-0.05, 0) is 6.07 Å². The summed E-state index contributed by atoms with van der Waals surface area (Å²) >= 11 is 0. The number of nitrogens with one attached hydrogen (secondary N) is 3. The molecule has 0 unspecified atom stereocenters. The van der Waals surface area contributed by atoms with Crippen molar-refractivity contribution in [1.29, 1.82) is 0 Å².